The number of amides is 1. The summed E-state index contributed by atoms with van der Waals surface area (Å²) in [5, 5.41) is 6.29. The molecule has 2 aliphatic rings. The first-order valence-electron chi connectivity index (χ1n) is 12.1. The van der Waals surface area contributed by atoms with E-state index in [4.69, 9.17) is 14.5 Å². The molecule has 1 fully saturated rings. The number of benzene rings is 1. The molecule has 5 heterocycles. The van der Waals surface area contributed by atoms with Crippen LogP contribution >= 0.6 is 0 Å². The molecule has 2 unspecified atom stereocenters. The number of carbonyl (C=O) groups is 1. The van der Waals surface area contributed by atoms with Gasteiger partial charge in [0, 0.05) is 36.5 Å². The Morgan fingerprint density at radius 3 is 2.92 bits per heavy atom. The molecule has 184 valence electrons. The van der Waals surface area contributed by atoms with Gasteiger partial charge in [0.25, 0.3) is 5.91 Å². The lowest BCUT2D eigenvalue weighted by Gasteiger charge is -2.21. The number of aromatic nitrogens is 3. The topological polar surface area (TPSA) is 101 Å². The molecule has 1 aromatic carbocycles. The van der Waals surface area contributed by atoms with Gasteiger partial charge < -0.3 is 25.1 Å². The molecule has 0 radical (unpaired) electrons. The molecule has 1 amide bonds. The van der Waals surface area contributed by atoms with Crippen LogP contribution in [0, 0.1) is 5.82 Å². The van der Waals surface area contributed by atoms with Crippen LogP contribution < -0.4 is 15.4 Å². The second-order valence-corrected chi connectivity index (χ2v) is 9.22. The van der Waals surface area contributed by atoms with E-state index in [1.165, 1.54) is 13.2 Å². The molecule has 3 N–H and O–H groups in total. The van der Waals surface area contributed by atoms with Gasteiger partial charge in [0.15, 0.2) is 11.6 Å². The summed E-state index contributed by atoms with van der Waals surface area (Å²) in [6.45, 7) is 2.69. The summed E-state index contributed by atoms with van der Waals surface area (Å²) in [5.41, 5.74) is 6.01. The molecular weight excluding hydrogens is 461 g/mol. The van der Waals surface area contributed by atoms with E-state index in [1.54, 1.807) is 18.3 Å². The minimum absolute atomic E-state index is 0.0218. The lowest BCUT2D eigenvalue weighted by atomic mass is 10.0. The molecular formula is C27H26FN5O3. The van der Waals surface area contributed by atoms with Gasteiger partial charge in [-0.15, -0.1) is 0 Å². The molecule has 6 rings (SSSR count). The molecule has 3 aromatic heterocycles. The van der Waals surface area contributed by atoms with E-state index in [9.17, 15) is 9.18 Å². The molecule has 0 aliphatic carbocycles. The van der Waals surface area contributed by atoms with Gasteiger partial charge in [0.1, 0.15) is 0 Å². The zero-order valence-corrected chi connectivity index (χ0v) is 20.0. The van der Waals surface area contributed by atoms with Crippen molar-refractivity contribution in [2.75, 3.05) is 19.0 Å². The van der Waals surface area contributed by atoms with E-state index in [2.05, 4.69) is 20.6 Å². The number of fused-ring (bicyclic) bond motifs is 2. The SMILES string of the molecule is COc1c(F)cccc1Nc1c(-c2ccnc3ccc(C4CCCO4)nc23)[nH]c2c1C(=O)NC(C)C2. The van der Waals surface area contributed by atoms with Gasteiger partial charge in [-0.1, -0.05) is 6.07 Å². The van der Waals surface area contributed by atoms with E-state index in [1.807, 2.05) is 25.1 Å². The summed E-state index contributed by atoms with van der Waals surface area (Å²) in [6, 6.07) is 10.4. The monoisotopic (exact) mass is 487 g/mol. The lowest BCUT2D eigenvalue weighted by molar-refractivity contribution is 0.0930. The van der Waals surface area contributed by atoms with Crippen LogP contribution in [0.15, 0.2) is 42.6 Å². The van der Waals surface area contributed by atoms with E-state index in [-0.39, 0.29) is 23.8 Å². The first-order valence-corrected chi connectivity index (χ1v) is 12.1. The largest absolute Gasteiger partial charge is 0.492 e. The molecule has 1 saturated heterocycles. The van der Waals surface area contributed by atoms with Crippen molar-refractivity contribution in [1.29, 1.82) is 0 Å². The average molecular weight is 488 g/mol. The van der Waals surface area contributed by atoms with E-state index in [0.717, 1.165) is 41.9 Å². The van der Waals surface area contributed by atoms with Crippen LogP contribution in [-0.2, 0) is 11.2 Å². The van der Waals surface area contributed by atoms with Crippen LogP contribution in [0.2, 0.25) is 0 Å². The van der Waals surface area contributed by atoms with Crippen molar-refractivity contribution >= 4 is 28.3 Å². The Morgan fingerprint density at radius 1 is 1.22 bits per heavy atom. The van der Waals surface area contributed by atoms with Crippen LogP contribution in [0.5, 0.6) is 5.75 Å². The highest BCUT2D eigenvalue weighted by Crippen LogP contribution is 2.41. The minimum atomic E-state index is -0.497. The van der Waals surface area contributed by atoms with Gasteiger partial charge in [-0.3, -0.25) is 9.78 Å². The molecule has 4 aromatic rings. The van der Waals surface area contributed by atoms with Crippen LogP contribution in [-0.4, -0.2) is 40.6 Å². The Bertz CT molecular complexity index is 1480. The van der Waals surface area contributed by atoms with Crippen molar-refractivity contribution < 1.29 is 18.7 Å². The third-order valence-corrected chi connectivity index (χ3v) is 6.76. The third-order valence-electron chi connectivity index (χ3n) is 6.76. The highest BCUT2D eigenvalue weighted by atomic mass is 19.1. The summed E-state index contributed by atoms with van der Waals surface area (Å²) in [4.78, 5) is 26.1. The second-order valence-electron chi connectivity index (χ2n) is 9.22. The number of halogens is 1. The highest BCUT2D eigenvalue weighted by Gasteiger charge is 2.31. The number of methoxy groups -OCH3 is 1. The molecule has 0 bridgehead atoms. The van der Waals surface area contributed by atoms with Gasteiger partial charge in [-0.2, -0.15) is 0 Å². The molecule has 2 atom stereocenters. The molecule has 2 aliphatic heterocycles. The zero-order valence-electron chi connectivity index (χ0n) is 20.0. The van der Waals surface area contributed by atoms with E-state index in [0.29, 0.717) is 34.6 Å². The Labute approximate surface area is 207 Å². The molecule has 8 nitrogen and oxygen atoms in total. The lowest BCUT2D eigenvalue weighted by Crippen LogP contribution is -2.39. The number of anilines is 2. The Balaban J connectivity index is 1.56. The predicted molar refractivity (Wildman–Crippen MR) is 134 cm³/mol. The van der Waals surface area contributed by atoms with Crippen molar-refractivity contribution in [3.63, 3.8) is 0 Å². The Morgan fingerprint density at radius 2 is 2.11 bits per heavy atom. The fourth-order valence-electron chi connectivity index (χ4n) is 5.12. The van der Waals surface area contributed by atoms with Crippen LogP contribution in [0.25, 0.3) is 22.3 Å². The average Bonchev–Trinajstić information content (AvgIpc) is 3.52. The first-order chi connectivity index (χ1) is 17.5. The normalized spacial score (nSPS) is 19.2. The molecule has 9 heteroatoms. The van der Waals surface area contributed by atoms with Crippen LogP contribution in [0.1, 0.15) is 47.6 Å². The van der Waals surface area contributed by atoms with Crippen molar-refractivity contribution in [2.45, 2.75) is 38.3 Å². The molecule has 36 heavy (non-hydrogen) atoms. The number of rotatable bonds is 5. The van der Waals surface area contributed by atoms with Crippen molar-refractivity contribution in [3.05, 3.63) is 65.4 Å². The number of nitrogens with one attached hydrogen (secondary N) is 3. The maximum Gasteiger partial charge on any atom is 0.255 e. The molecule has 0 saturated carbocycles. The van der Waals surface area contributed by atoms with Gasteiger partial charge in [0.05, 0.1) is 52.6 Å². The number of hydrogen-bond acceptors (Lipinski definition) is 6. The number of H-pyrrole nitrogens is 1. The predicted octanol–water partition coefficient (Wildman–Crippen LogP) is 5.04. The molecule has 0 spiro atoms. The summed E-state index contributed by atoms with van der Waals surface area (Å²) in [6.07, 6.45) is 4.24. The summed E-state index contributed by atoms with van der Waals surface area (Å²) >= 11 is 0. The van der Waals surface area contributed by atoms with E-state index < -0.39 is 5.82 Å². The van der Waals surface area contributed by atoms with Crippen molar-refractivity contribution in [2.24, 2.45) is 0 Å². The quantitative estimate of drug-likeness (QED) is 0.365. The minimum Gasteiger partial charge on any atom is -0.492 e. The smallest absolute Gasteiger partial charge is 0.255 e. The van der Waals surface area contributed by atoms with Gasteiger partial charge >= 0.3 is 0 Å². The summed E-state index contributed by atoms with van der Waals surface area (Å²) in [7, 11) is 1.42. The van der Waals surface area contributed by atoms with Crippen LogP contribution in [0.4, 0.5) is 15.8 Å². The number of hydrogen-bond donors (Lipinski definition) is 3. The fraction of sp³-hybridized carbons (Fsp3) is 0.296. The van der Waals surface area contributed by atoms with Crippen molar-refractivity contribution in [3.8, 4) is 17.0 Å². The number of ether oxygens (including phenoxy) is 2. The summed E-state index contributed by atoms with van der Waals surface area (Å²) < 4.78 is 25.7. The highest BCUT2D eigenvalue weighted by molar-refractivity contribution is 6.08. The number of pyridine rings is 2. The van der Waals surface area contributed by atoms with E-state index >= 15 is 0 Å². The summed E-state index contributed by atoms with van der Waals surface area (Å²) in [5.74, 6) is -0.624. The first kappa shape index (κ1) is 22.5. The number of aromatic amines is 1. The number of para-hydroxylation sites is 1. The van der Waals surface area contributed by atoms with Gasteiger partial charge in [-0.05, 0) is 50.1 Å². The van der Waals surface area contributed by atoms with Crippen molar-refractivity contribution in [1.82, 2.24) is 20.3 Å². The van der Waals surface area contributed by atoms with Gasteiger partial charge in [0.2, 0.25) is 0 Å². The fourth-order valence-corrected chi connectivity index (χ4v) is 5.12. The van der Waals surface area contributed by atoms with Gasteiger partial charge in [-0.25, -0.2) is 9.37 Å². The van der Waals surface area contributed by atoms with Crippen LogP contribution in [0.3, 0.4) is 0 Å². The number of carbonyl (C=O) groups excluding carboxylic acids is 1. The Kier molecular flexibility index (Phi) is 5.56. The maximum absolute atomic E-state index is 14.5. The zero-order chi connectivity index (χ0) is 24.8. The third kappa shape index (κ3) is 3.76. The number of nitrogens with zero attached hydrogens (tertiary/aromatic N) is 2. The standard InChI is InChI=1S/C27H26FN5O3/c1-14-13-20-22(27(34)30-14)25(32-19-6-3-5-16(28)26(19)35-2)24(33-20)15-10-11-29-18-9-8-17(31-23(15)18)21-7-4-12-36-21/h3,5-6,8-11,14,21,32-33H,4,7,12-13H2,1-2H3,(H,30,34). The maximum atomic E-state index is 14.5. The Hall–Kier alpha value is -3.98. The second kappa shape index (κ2) is 8.91.